The Morgan fingerprint density at radius 3 is 2.48 bits per heavy atom. The minimum atomic E-state index is 0.205. The number of aryl methyl sites for hydroxylation is 1. The lowest BCUT2D eigenvalue weighted by Gasteiger charge is -2.14. The highest BCUT2D eigenvalue weighted by Crippen LogP contribution is 2.33. The van der Waals surface area contributed by atoms with Crippen LogP contribution in [0.15, 0.2) is 30.3 Å². The zero-order valence-electron chi connectivity index (χ0n) is 14.1. The topological polar surface area (TPSA) is 32.3 Å². The molecule has 1 fully saturated rings. The van der Waals surface area contributed by atoms with E-state index in [4.69, 9.17) is 0 Å². The van der Waals surface area contributed by atoms with E-state index in [2.05, 4.69) is 42.6 Å². The molecule has 1 unspecified atom stereocenters. The summed E-state index contributed by atoms with van der Waals surface area (Å²) in [5.41, 5.74) is 3.55. The number of hydrogen-bond donors (Lipinski definition) is 1. The summed E-state index contributed by atoms with van der Waals surface area (Å²) in [6.07, 6.45) is 2.27. The summed E-state index contributed by atoms with van der Waals surface area (Å²) < 4.78 is 0. The highest BCUT2D eigenvalue weighted by Gasteiger charge is 2.23. The Hall–Kier alpha value is -1.65. The molecule has 1 aromatic heterocycles. The van der Waals surface area contributed by atoms with E-state index in [0.717, 1.165) is 36.4 Å². The molecular weight excluding hydrogens is 304 g/mol. The van der Waals surface area contributed by atoms with E-state index in [9.17, 15) is 4.79 Å². The molecule has 1 aromatic carbocycles. The van der Waals surface area contributed by atoms with Crippen LogP contribution >= 0.6 is 11.3 Å². The number of amides is 1. The molecule has 1 atom stereocenters. The van der Waals surface area contributed by atoms with Crippen LogP contribution in [0.3, 0.4) is 0 Å². The number of rotatable bonds is 4. The first kappa shape index (κ1) is 16.2. The summed E-state index contributed by atoms with van der Waals surface area (Å²) >= 11 is 1.62. The van der Waals surface area contributed by atoms with Crippen molar-refractivity contribution in [1.82, 2.24) is 10.2 Å². The van der Waals surface area contributed by atoms with Crippen molar-refractivity contribution in [2.24, 2.45) is 0 Å². The van der Waals surface area contributed by atoms with E-state index in [-0.39, 0.29) is 5.91 Å². The Kier molecular flexibility index (Phi) is 4.83. The predicted molar refractivity (Wildman–Crippen MR) is 97.1 cm³/mol. The van der Waals surface area contributed by atoms with Crippen LogP contribution in [0.4, 0.5) is 0 Å². The first-order valence-corrected chi connectivity index (χ1v) is 9.09. The van der Waals surface area contributed by atoms with Crippen molar-refractivity contribution in [3.63, 3.8) is 0 Å². The lowest BCUT2D eigenvalue weighted by molar-refractivity contribution is 0.0797. The second kappa shape index (κ2) is 6.85. The number of likely N-dealkylation sites (tertiary alicyclic amines) is 1. The SMILES string of the molecule is CNC(C)c1ccc(-c2cc(C)c(C(=O)N3CCCC3)s2)cc1. The predicted octanol–water partition coefficient (Wildman–Crippen LogP) is 4.24. The van der Waals surface area contributed by atoms with Gasteiger partial charge >= 0.3 is 0 Å². The van der Waals surface area contributed by atoms with Gasteiger partial charge in [-0.15, -0.1) is 11.3 Å². The van der Waals surface area contributed by atoms with Gasteiger partial charge in [-0.1, -0.05) is 24.3 Å². The van der Waals surface area contributed by atoms with Crippen molar-refractivity contribution in [1.29, 1.82) is 0 Å². The first-order valence-electron chi connectivity index (χ1n) is 8.27. The van der Waals surface area contributed by atoms with Gasteiger partial charge in [-0.2, -0.15) is 0 Å². The van der Waals surface area contributed by atoms with Gasteiger partial charge in [0.05, 0.1) is 4.88 Å². The van der Waals surface area contributed by atoms with Crippen LogP contribution < -0.4 is 5.32 Å². The highest BCUT2D eigenvalue weighted by molar-refractivity contribution is 7.17. The second-order valence-electron chi connectivity index (χ2n) is 6.25. The third kappa shape index (κ3) is 3.33. The summed E-state index contributed by atoms with van der Waals surface area (Å²) in [6, 6.07) is 11.1. The molecule has 1 aliphatic rings. The standard InChI is InChI=1S/C19H24N2OS/c1-13-12-17(16-8-6-15(7-9-16)14(2)20-3)23-18(13)19(22)21-10-4-5-11-21/h6-9,12,14,20H,4-5,10-11H2,1-3H3. The van der Waals surface area contributed by atoms with Crippen LogP contribution in [0.2, 0.25) is 0 Å². The second-order valence-corrected chi connectivity index (χ2v) is 7.31. The fourth-order valence-electron chi connectivity index (χ4n) is 3.00. The average molecular weight is 328 g/mol. The summed E-state index contributed by atoms with van der Waals surface area (Å²) in [5.74, 6) is 0.205. The largest absolute Gasteiger partial charge is 0.338 e. The molecule has 0 aliphatic carbocycles. The molecule has 0 saturated carbocycles. The zero-order valence-corrected chi connectivity index (χ0v) is 14.9. The fourth-order valence-corrected chi connectivity index (χ4v) is 4.15. The van der Waals surface area contributed by atoms with Gasteiger partial charge in [-0.3, -0.25) is 4.79 Å². The molecule has 2 heterocycles. The molecule has 1 N–H and O–H groups in total. The number of carbonyl (C=O) groups is 1. The maximum Gasteiger partial charge on any atom is 0.264 e. The van der Waals surface area contributed by atoms with Gasteiger partial charge in [0.1, 0.15) is 0 Å². The molecule has 0 spiro atoms. The average Bonchev–Trinajstić information content (AvgIpc) is 3.23. The van der Waals surface area contributed by atoms with Gasteiger partial charge in [0, 0.05) is 24.0 Å². The van der Waals surface area contributed by atoms with Crippen molar-refractivity contribution in [3.05, 3.63) is 46.3 Å². The molecule has 2 aromatic rings. The van der Waals surface area contributed by atoms with E-state index < -0.39 is 0 Å². The lowest BCUT2D eigenvalue weighted by atomic mass is 10.1. The number of carbonyl (C=O) groups excluding carboxylic acids is 1. The summed E-state index contributed by atoms with van der Waals surface area (Å²) in [4.78, 5) is 16.7. The summed E-state index contributed by atoms with van der Waals surface area (Å²) in [5, 5.41) is 3.25. The monoisotopic (exact) mass is 328 g/mol. The van der Waals surface area contributed by atoms with Gasteiger partial charge in [0.15, 0.2) is 0 Å². The van der Waals surface area contributed by atoms with Crippen molar-refractivity contribution in [2.45, 2.75) is 32.7 Å². The Balaban J connectivity index is 1.84. The van der Waals surface area contributed by atoms with Crippen LogP contribution in [0.5, 0.6) is 0 Å². The zero-order chi connectivity index (χ0) is 16.4. The Morgan fingerprint density at radius 1 is 1.22 bits per heavy atom. The third-order valence-corrected chi connectivity index (χ3v) is 5.91. The number of thiophene rings is 1. The van der Waals surface area contributed by atoms with Crippen molar-refractivity contribution in [3.8, 4) is 10.4 Å². The van der Waals surface area contributed by atoms with Gasteiger partial charge in [0.25, 0.3) is 5.91 Å². The fraction of sp³-hybridized carbons (Fsp3) is 0.421. The maximum absolute atomic E-state index is 12.6. The van der Waals surface area contributed by atoms with Gasteiger partial charge in [-0.25, -0.2) is 0 Å². The molecule has 0 radical (unpaired) electrons. The van der Waals surface area contributed by atoms with Crippen LogP contribution in [-0.4, -0.2) is 30.9 Å². The smallest absolute Gasteiger partial charge is 0.264 e. The maximum atomic E-state index is 12.6. The van der Waals surface area contributed by atoms with Crippen LogP contribution in [0, 0.1) is 6.92 Å². The summed E-state index contributed by atoms with van der Waals surface area (Å²) in [7, 11) is 1.97. The quantitative estimate of drug-likeness (QED) is 0.910. The lowest BCUT2D eigenvalue weighted by Crippen LogP contribution is -2.27. The van der Waals surface area contributed by atoms with E-state index >= 15 is 0 Å². The molecule has 122 valence electrons. The number of hydrogen-bond acceptors (Lipinski definition) is 3. The Labute approximate surface area is 142 Å². The molecule has 3 nitrogen and oxygen atoms in total. The van der Waals surface area contributed by atoms with Crippen molar-refractivity contribution < 1.29 is 4.79 Å². The number of nitrogens with zero attached hydrogens (tertiary/aromatic N) is 1. The Bertz CT molecular complexity index is 684. The van der Waals surface area contributed by atoms with Crippen LogP contribution in [0.25, 0.3) is 10.4 Å². The highest BCUT2D eigenvalue weighted by atomic mass is 32.1. The minimum Gasteiger partial charge on any atom is -0.338 e. The minimum absolute atomic E-state index is 0.205. The number of benzene rings is 1. The number of nitrogens with one attached hydrogen (secondary N) is 1. The molecule has 23 heavy (non-hydrogen) atoms. The van der Waals surface area contributed by atoms with E-state index in [1.54, 1.807) is 11.3 Å². The van der Waals surface area contributed by atoms with E-state index in [1.807, 2.05) is 18.9 Å². The normalized spacial score (nSPS) is 15.9. The van der Waals surface area contributed by atoms with Gasteiger partial charge < -0.3 is 10.2 Å². The van der Waals surface area contributed by atoms with E-state index in [1.165, 1.54) is 16.0 Å². The van der Waals surface area contributed by atoms with Crippen LogP contribution in [-0.2, 0) is 0 Å². The summed E-state index contributed by atoms with van der Waals surface area (Å²) in [6.45, 7) is 6.00. The molecular formula is C19H24N2OS. The van der Waals surface area contributed by atoms with Crippen molar-refractivity contribution >= 4 is 17.2 Å². The third-order valence-electron chi connectivity index (χ3n) is 4.63. The molecule has 0 bridgehead atoms. The molecule has 1 aliphatic heterocycles. The molecule has 1 amide bonds. The van der Waals surface area contributed by atoms with E-state index in [0.29, 0.717) is 6.04 Å². The van der Waals surface area contributed by atoms with Crippen molar-refractivity contribution in [2.75, 3.05) is 20.1 Å². The van der Waals surface area contributed by atoms with Gasteiger partial charge in [-0.05, 0) is 56.5 Å². The van der Waals surface area contributed by atoms with Gasteiger partial charge in [0.2, 0.25) is 0 Å². The Morgan fingerprint density at radius 2 is 1.87 bits per heavy atom. The van der Waals surface area contributed by atoms with Crippen LogP contribution in [0.1, 0.15) is 46.6 Å². The first-order chi connectivity index (χ1) is 11.1. The molecule has 1 saturated heterocycles. The molecule has 3 rings (SSSR count). The molecule has 4 heteroatoms.